The molecule has 2 N–H and O–H groups in total. The number of hydrogen-bond acceptors (Lipinski definition) is 4. The average Bonchev–Trinajstić information content (AvgIpc) is 3.04. The first-order valence-electron chi connectivity index (χ1n) is 8.32. The molecule has 0 radical (unpaired) electrons. The van der Waals surface area contributed by atoms with Gasteiger partial charge in [-0.15, -0.1) is 12.4 Å². The number of benzene rings is 1. The van der Waals surface area contributed by atoms with Crippen LogP contribution in [0.1, 0.15) is 32.3 Å². The maximum absolute atomic E-state index is 12.9. The number of rotatable bonds is 4. The topological polar surface area (TPSA) is 72.6 Å². The van der Waals surface area contributed by atoms with Crippen LogP contribution in [0.5, 0.6) is 5.75 Å². The summed E-state index contributed by atoms with van der Waals surface area (Å²) in [5.74, 6) is 1.47. The summed E-state index contributed by atoms with van der Waals surface area (Å²) in [6, 6.07) is 5.25. The average molecular weight is 375 g/mol. The molecule has 1 aromatic rings. The van der Waals surface area contributed by atoms with Gasteiger partial charge in [0.15, 0.2) is 0 Å². The van der Waals surface area contributed by atoms with Crippen LogP contribution in [0.2, 0.25) is 0 Å². The van der Waals surface area contributed by atoms with Gasteiger partial charge in [0, 0.05) is 19.1 Å². The second-order valence-electron chi connectivity index (χ2n) is 7.08. The second-order valence-corrected chi connectivity index (χ2v) is 9.02. The van der Waals surface area contributed by atoms with Crippen LogP contribution in [0.3, 0.4) is 0 Å². The monoisotopic (exact) mass is 374 g/mol. The molecular formula is C17H27ClN2O3S. The van der Waals surface area contributed by atoms with Crippen molar-refractivity contribution in [1.82, 2.24) is 4.31 Å². The maximum Gasteiger partial charge on any atom is 0.243 e. The third kappa shape index (κ3) is 3.57. The van der Waals surface area contributed by atoms with Crippen LogP contribution >= 0.6 is 12.4 Å². The summed E-state index contributed by atoms with van der Waals surface area (Å²) in [6.07, 6.45) is 2.12. The van der Waals surface area contributed by atoms with Crippen molar-refractivity contribution in [3.05, 3.63) is 23.8 Å². The zero-order chi connectivity index (χ0) is 16.8. The van der Waals surface area contributed by atoms with Crippen molar-refractivity contribution in [2.24, 2.45) is 17.6 Å². The van der Waals surface area contributed by atoms with Gasteiger partial charge in [0.1, 0.15) is 5.75 Å². The molecule has 1 aliphatic heterocycles. The molecule has 0 amide bonds. The van der Waals surface area contributed by atoms with E-state index in [2.05, 4.69) is 0 Å². The Morgan fingerprint density at radius 1 is 1.25 bits per heavy atom. The first-order chi connectivity index (χ1) is 10.8. The van der Waals surface area contributed by atoms with E-state index >= 15 is 0 Å². The number of ether oxygens (including phenoxy) is 1. The smallest absolute Gasteiger partial charge is 0.243 e. The van der Waals surface area contributed by atoms with E-state index in [1.54, 1.807) is 22.5 Å². The maximum atomic E-state index is 12.9. The Hall–Kier alpha value is -0.820. The van der Waals surface area contributed by atoms with Crippen LogP contribution in [0.15, 0.2) is 23.1 Å². The molecule has 2 fully saturated rings. The SMILES string of the molecule is Cc1cc(S(=O)(=O)N2CC3CCC(N)C3C2)ccc1OC(C)C.Cl. The van der Waals surface area contributed by atoms with E-state index < -0.39 is 10.0 Å². The number of nitrogens with two attached hydrogens (primary N) is 1. The molecule has 5 nitrogen and oxygen atoms in total. The lowest BCUT2D eigenvalue weighted by Gasteiger charge is -2.20. The molecule has 3 rings (SSSR count). The van der Waals surface area contributed by atoms with E-state index in [1.165, 1.54) is 0 Å². The largest absolute Gasteiger partial charge is 0.491 e. The Kier molecular flexibility index (Phi) is 5.85. The first-order valence-corrected chi connectivity index (χ1v) is 9.76. The van der Waals surface area contributed by atoms with E-state index in [0.717, 1.165) is 24.2 Å². The van der Waals surface area contributed by atoms with Gasteiger partial charge in [0.2, 0.25) is 10.0 Å². The second kappa shape index (κ2) is 7.20. The molecule has 0 bridgehead atoms. The van der Waals surface area contributed by atoms with Crippen LogP contribution in [-0.2, 0) is 10.0 Å². The molecule has 136 valence electrons. The highest BCUT2D eigenvalue weighted by Gasteiger charge is 2.45. The van der Waals surface area contributed by atoms with Crippen LogP contribution in [-0.4, -0.2) is 38.0 Å². The molecule has 3 unspecified atom stereocenters. The summed E-state index contributed by atoms with van der Waals surface area (Å²) in [5, 5.41) is 0. The number of nitrogens with zero attached hydrogens (tertiary/aromatic N) is 1. The Balaban J connectivity index is 0.00000208. The predicted octanol–water partition coefficient (Wildman–Crippen LogP) is 2.56. The molecule has 3 atom stereocenters. The molecule has 7 heteroatoms. The van der Waals surface area contributed by atoms with Crippen molar-refractivity contribution in [1.29, 1.82) is 0 Å². The standard InChI is InChI=1S/C17H26N2O3S.ClH/c1-11(2)22-17-7-5-14(8-12(17)3)23(20,21)19-9-13-4-6-16(18)15(13)10-19;/h5,7-8,11,13,15-16H,4,6,9-10,18H2,1-3H3;1H. The summed E-state index contributed by atoms with van der Waals surface area (Å²) in [5.41, 5.74) is 6.96. The molecule has 1 saturated carbocycles. The predicted molar refractivity (Wildman–Crippen MR) is 97.1 cm³/mol. The lowest BCUT2D eigenvalue weighted by Crippen LogP contribution is -2.33. The van der Waals surface area contributed by atoms with Gasteiger partial charge >= 0.3 is 0 Å². The zero-order valence-electron chi connectivity index (χ0n) is 14.4. The lowest BCUT2D eigenvalue weighted by molar-refractivity contribution is 0.240. The molecule has 1 aliphatic carbocycles. The van der Waals surface area contributed by atoms with Gasteiger partial charge in [-0.3, -0.25) is 0 Å². The Morgan fingerprint density at radius 3 is 2.54 bits per heavy atom. The van der Waals surface area contributed by atoms with Gasteiger partial charge in [-0.2, -0.15) is 4.31 Å². The van der Waals surface area contributed by atoms with E-state index in [-0.39, 0.29) is 24.6 Å². The van der Waals surface area contributed by atoms with Gasteiger partial charge in [0.25, 0.3) is 0 Å². The molecule has 1 heterocycles. The number of hydrogen-bond donors (Lipinski definition) is 1. The van der Waals surface area contributed by atoms with Crippen molar-refractivity contribution >= 4 is 22.4 Å². The van der Waals surface area contributed by atoms with Crippen LogP contribution in [0, 0.1) is 18.8 Å². The van der Waals surface area contributed by atoms with Gasteiger partial charge in [-0.25, -0.2) is 8.42 Å². The van der Waals surface area contributed by atoms with E-state index in [1.807, 2.05) is 20.8 Å². The summed E-state index contributed by atoms with van der Waals surface area (Å²) in [6.45, 7) is 6.94. The van der Waals surface area contributed by atoms with Crippen molar-refractivity contribution in [3.63, 3.8) is 0 Å². The molecular weight excluding hydrogens is 348 g/mol. The van der Waals surface area contributed by atoms with Crippen molar-refractivity contribution < 1.29 is 13.2 Å². The van der Waals surface area contributed by atoms with Gasteiger partial charge in [-0.05, 0) is 69.2 Å². The fraction of sp³-hybridized carbons (Fsp3) is 0.647. The Labute approximate surface area is 151 Å². The van der Waals surface area contributed by atoms with Crippen molar-refractivity contribution in [2.45, 2.75) is 50.7 Å². The number of aryl methyl sites for hydroxylation is 1. The molecule has 2 aliphatic rings. The first kappa shape index (κ1) is 19.5. The molecule has 0 spiro atoms. The highest BCUT2D eigenvalue weighted by Crippen LogP contribution is 2.39. The van der Waals surface area contributed by atoms with Crippen LogP contribution < -0.4 is 10.5 Å². The third-order valence-corrected chi connectivity index (χ3v) is 6.85. The summed E-state index contributed by atoms with van der Waals surface area (Å²) < 4.78 is 33.1. The van der Waals surface area contributed by atoms with Gasteiger partial charge < -0.3 is 10.5 Å². The summed E-state index contributed by atoms with van der Waals surface area (Å²) >= 11 is 0. The minimum Gasteiger partial charge on any atom is -0.491 e. The third-order valence-electron chi connectivity index (χ3n) is 5.03. The quantitative estimate of drug-likeness (QED) is 0.879. The van der Waals surface area contributed by atoms with Gasteiger partial charge in [0.05, 0.1) is 11.0 Å². The van der Waals surface area contributed by atoms with Crippen LogP contribution in [0.4, 0.5) is 0 Å². The van der Waals surface area contributed by atoms with E-state index in [4.69, 9.17) is 10.5 Å². The van der Waals surface area contributed by atoms with Crippen molar-refractivity contribution in [3.8, 4) is 5.75 Å². The Bertz CT molecular complexity index is 693. The normalized spacial score (nSPS) is 27.1. The van der Waals surface area contributed by atoms with Crippen molar-refractivity contribution in [2.75, 3.05) is 13.1 Å². The summed E-state index contributed by atoms with van der Waals surface area (Å²) in [4.78, 5) is 0.347. The number of sulfonamides is 1. The molecule has 1 aromatic carbocycles. The van der Waals surface area contributed by atoms with Crippen LogP contribution in [0.25, 0.3) is 0 Å². The van der Waals surface area contributed by atoms with Gasteiger partial charge in [-0.1, -0.05) is 0 Å². The minimum atomic E-state index is -3.45. The molecule has 24 heavy (non-hydrogen) atoms. The molecule has 0 aromatic heterocycles. The highest BCUT2D eigenvalue weighted by molar-refractivity contribution is 7.89. The fourth-order valence-corrected chi connectivity index (χ4v) is 5.40. The fourth-order valence-electron chi connectivity index (χ4n) is 3.78. The lowest BCUT2D eigenvalue weighted by atomic mass is 9.98. The number of halogens is 1. The zero-order valence-corrected chi connectivity index (χ0v) is 16.1. The van der Waals surface area contributed by atoms with E-state index in [0.29, 0.717) is 29.8 Å². The summed E-state index contributed by atoms with van der Waals surface area (Å²) in [7, 11) is -3.45. The van der Waals surface area contributed by atoms with E-state index in [9.17, 15) is 8.42 Å². The molecule has 1 saturated heterocycles. The Morgan fingerprint density at radius 2 is 1.96 bits per heavy atom. The number of fused-ring (bicyclic) bond motifs is 1. The highest BCUT2D eigenvalue weighted by atomic mass is 35.5. The minimum absolute atomic E-state index is 0.